The summed E-state index contributed by atoms with van der Waals surface area (Å²) in [5.41, 5.74) is 1.28. The number of Topliss-reactive ketones (excluding diaryl/α,β-unsaturated/α-hetero) is 1. The highest BCUT2D eigenvalue weighted by Gasteiger charge is 2.48. The molecule has 7 heteroatoms. The second-order valence-corrected chi connectivity index (χ2v) is 7.78. The van der Waals surface area contributed by atoms with Gasteiger partial charge in [0, 0.05) is 12.3 Å². The van der Waals surface area contributed by atoms with E-state index in [4.69, 9.17) is 16.3 Å². The van der Waals surface area contributed by atoms with Crippen molar-refractivity contribution in [1.29, 1.82) is 0 Å². The summed E-state index contributed by atoms with van der Waals surface area (Å²) in [5, 5.41) is 6.30. The van der Waals surface area contributed by atoms with Gasteiger partial charge in [-0.15, -0.1) is 0 Å². The number of ether oxygens (including phenoxy) is 1. The molecule has 28 heavy (non-hydrogen) atoms. The van der Waals surface area contributed by atoms with Crippen molar-refractivity contribution in [3.8, 4) is 5.75 Å². The van der Waals surface area contributed by atoms with Crippen molar-refractivity contribution in [1.82, 2.24) is 15.6 Å². The molecule has 2 aromatic rings. The van der Waals surface area contributed by atoms with E-state index in [2.05, 4.69) is 15.6 Å². The van der Waals surface area contributed by atoms with Gasteiger partial charge in [0.2, 0.25) is 0 Å². The molecule has 1 aromatic heterocycles. The monoisotopic (exact) mass is 399 g/mol. The van der Waals surface area contributed by atoms with Crippen LogP contribution in [0.2, 0.25) is 5.15 Å². The van der Waals surface area contributed by atoms with Crippen molar-refractivity contribution >= 4 is 23.4 Å². The average molecular weight is 400 g/mol. The number of carbonyl (C=O) groups is 2. The Kier molecular flexibility index (Phi) is 4.98. The molecule has 2 amide bonds. The van der Waals surface area contributed by atoms with Crippen molar-refractivity contribution in [3.05, 3.63) is 58.9 Å². The zero-order valence-corrected chi connectivity index (χ0v) is 16.3. The smallest absolute Gasteiger partial charge is 0.316 e. The number of halogens is 1. The fourth-order valence-corrected chi connectivity index (χ4v) is 4.04. The minimum Gasteiger partial charge on any atom is -0.497 e. The molecule has 2 N–H and O–H groups in total. The Morgan fingerprint density at radius 1 is 1.21 bits per heavy atom. The number of amides is 2. The van der Waals surface area contributed by atoms with E-state index in [0.29, 0.717) is 11.6 Å². The Bertz CT molecular complexity index is 896. The van der Waals surface area contributed by atoms with E-state index in [-0.39, 0.29) is 17.7 Å². The summed E-state index contributed by atoms with van der Waals surface area (Å²) in [6.45, 7) is 0. The first-order chi connectivity index (χ1) is 13.5. The number of ketones is 1. The lowest BCUT2D eigenvalue weighted by Crippen LogP contribution is -2.49. The van der Waals surface area contributed by atoms with E-state index in [0.717, 1.165) is 36.3 Å². The number of nitrogens with one attached hydrogen (secondary N) is 2. The van der Waals surface area contributed by atoms with Crippen LogP contribution in [-0.2, 0) is 10.3 Å². The Labute approximate surface area is 168 Å². The van der Waals surface area contributed by atoms with Crippen LogP contribution in [0.1, 0.15) is 42.9 Å². The van der Waals surface area contributed by atoms with E-state index >= 15 is 0 Å². The predicted octanol–water partition coefficient (Wildman–Crippen LogP) is 3.55. The van der Waals surface area contributed by atoms with Gasteiger partial charge >= 0.3 is 6.03 Å². The highest BCUT2D eigenvalue weighted by atomic mass is 35.5. The maximum absolute atomic E-state index is 12.7. The fraction of sp³-hybridized carbons (Fsp3) is 0.381. The number of aromatic nitrogens is 1. The van der Waals surface area contributed by atoms with Crippen molar-refractivity contribution < 1.29 is 14.3 Å². The number of rotatable bonds is 5. The molecule has 0 bridgehead atoms. The summed E-state index contributed by atoms with van der Waals surface area (Å²) in [5.74, 6) is 0.783. The second kappa shape index (κ2) is 7.43. The topological polar surface area (TPSA) is 80.3 Å². The van der Waals surface area contributed by atoms with Crippen LogP contribution in [0.4, 0.5) is 4.79 Å². The van der Waals surface area contributed by atoms with Crippen molar-refractivity contribution in [2.45, 2.75) is 43.2 Å². The van der Waals surface area contributed by atoms with Gasteiger partial charge in [0.1, 0.15) is 10.9 Å². The van der Waals surface area contributed by atoms with Gasteiger partial charge in [0.05, 0.1) is 24.4 Å². The average Bonchev–Trinajstić information content (AvgIpc) is 3.39. The number of nitrogens with zero attached hydrogens (tertiary/aromatic N) is 1. The van der Waals surface area contributed by atoms with Gasteiger partial charge < -0.3 is 15.4 Å². The largest absolute Gasteiger partial charge is 0.497 e. The van der Waals surface area contributed by atoms with Crippen molar-refractivity contribution in [2.24, 2.45) is 0 Å². The van der Waals surface area contributed by atoms with Gasteiger partial charge in [-0.05, 0) is 49.1 Å². The number of carbonyl (C=O) groups excluding carboxylic acids is 2. The first-order valence-corrected chi connectivity index (χ1v) is 9.77. The van der Waals surface area contributed by atoms with E-state index in [1.165, 1.54) is 0 Å². The van der Waals surface area contributed by atoms with Crippen LogP contribution in [0.25, 0.3) is 0 Å². The van der Waals surface area contributed by atoms with Gasteiger partial charge in [0.25, 0.3) is 0 Å². The van der Waals surface area contributed by atoms with Gasteiger partial charge in [0.15, 0.2) is 5.78 Å². The summed E-state index contributed by atoms with van der Waals surface area (Å²) in [4.78, 5) is 29.4. The van der Waals surface area contributed by atoms with Gasteiger partial charge in [-0.2, -0.15) is 0 Å². The summed E-state index contributed by atoms with van der Waals surface area (Å²) in [6, 6.07) is 12.2. The molecule has 4 rings (SSSR count). The van der Waals surface area contributed by atoms with Gasteiger partial charge in [-0.1, -0.05) is 29.8 Å². The lowest BCUT2D eigenvalue weighted by Gasteiger charge is -2.23. The summed E-state index contributed by atoms with van der Waals surface area (Å²) >= 11 is 5.99. The maximum Gasteiger partial charge on any atom is 0.316 e. The zero-order valence-electron chi connectivity index (χ0n) is 15.6. The quantitative estimate of drug-likeness (QED) is 0.753. The summed E-state index contributed by atoms with van der Waals surface area (Å²) in [7, 11) is 1.62. The minimum atomic E-state index is -0.531. The third-order valence-electron chi connectivity index (χ3n) is 5.59. The number of methoxy groups -OCH3 is 1. The molecule has 2 aliphatic rings. The number of hydrogen-bond donors (Lipinski definition) is 2. The molecule has 0 spiro atoms. The Hall–Kier alpha value is -2.60. The first kappa shape index (κ1) is 18.7. The van der Waals surface area contributed by atoms with E-state index in [1.807, 2.05) is 36.4 Å². The molecule has 0 aliphatic heterocycles. The Balaban J connectivity index is 1.46. The first-order valence-electron chi connectivity index (χ1n) is 9.39. The van der Waals surface area contributed by atoms with Crippen molar-refractivity contribution in [2.75, 3.05) is 7.11 Å². The van der Waals surface area contributed by atoms with Crippen LogP contribution in [0, 0.1) is 0 Å². The highest BCUT2D eigenvalue weighted by Crippen LogP contribution is 2.45. The van der Waals surface area contributed by atoms with Gasteiger partial charge in [-0.3, -0.25) is 4.79 Å². The lowest BCUT2D eigenvalue weighted by atomic mass is 9.94. The third kappa shape index (κ3) is 3.69. The second-order valence-electron chi connectivity index (χ2n) is 7.39. The predicted molar refractivity (Wildman–Crippen MR) is 106 cm³/mol. The molecule has 6 nitrogen and oxygen atoms in total. The standard InChI is InChI=1S/C21H22ClN3O3/c1-28-14-7-5-13(6-8-14)15-9-10-16(26)19(15)24-20(27)25-21(11-12-21)17-3-2-4-18(22)23-17/h2-8,15,19H,9-12H2,1H3,(H2,24,25,27)/t15-,19?/m0/s1. The van der Waals surface area contributed by atoms with Crippen LogP contribution in [0.15, 0.2) is 42.5 Å². The number of hydrogen-bond acceptors (Lipinski definition) is 4. The van der Waals surface area contributed by atoms with Crippen LogP contribution in [0.5, 0.6) is 5.75 Å². The lowest BCUT2D eigenvalue weighted by molar-refractivity contribution is -0.119. The molecule has 2 aliphatic carbocycles. The minimum absolute atomic E-state index is 0.0383. The molecule has 2 fully saturated rings. The number of pyridine rings is 1. The molecule has 0 radical (unpaired) electrons. The number of benzene rings is 1. The maximum atomic E-state index is 12.7. The number of urea groups is 1. The zero-order chi connectivity index (χ0) is 19.7. The SMILES string of the molecule is COc1ccc([C@@H]2CCC(=O)C2NC(=O)NC2(c3cccc(Cl)n3)CC2)cc1. The van der Waals surface area contributed by atoms with Crippen LogP contribution >= 0.6 is 11.6 Å². The normalized spacial score (nSPS) is 22.6. The van der Waals surface area contributed by atoms with E-state index < -0.39 is 11.6 Å². The van der Waals surface area contributed by atoms with E-state index in [1.54, 1.807) is 13.2 Å². The highest BCUT2D eigenvalue weighted by molar-refractivity contribution is 6.29. The van der Waals surface area contributed by atoms with Gasteiger partial charge in [-0.25, -0.2) is 9.78 Å². The Morgan fingerprint density at radius 3 is 2.61 bits per heavy atom. The fourth-order valence-electron chi connectivity index (χ4n) is 3.88. The molecule has 2 saturated carbocycles. The van der Waals surface area contributed by atoms with Crippen LogP contribution < -0.4 is 15.4 Å². The Morgan fingerprint density at radius 2 is 1.96 bits per heavy atom. The molecular formula is C21H22ClN3O3. The third-order valence-corrected chi connectivity index (χ3v) is 5.80. The van der Waals surface area contributed by atoms with Crippen molar-refractivity contribution in [3.63, 3.8) is 0 Å². The molecule has 1 unspecified atom stereocenters. The molecule has 0 saturated heterocycles. The van der Waals surface area contributed by atoms with Crippen LogP contribution in [-0.4, -0.2) is 29.9 Å². The molecule has 146 valence electrons. The molecule has 1 aromatic carbocycles. The van der Waals surface area contributed by atoms with Crippen LogP contribution in [0.3, 0.4) is 0 Å². The molecule has 2 atom stereocenters. The molecule has 1 heterocycles. The summed E-state index contributed by atoms with van der Waals surface area (Å²) in [6.07, 6.45) is 2.78. The van der Waals surface area contributed by atoms with E-state index in [9.17, 15) is 9.59 Å². The summed E-state index contributed by atoms with van der Waals surface area (Å²) < 4.78 is 5.19. The molecular weight excluding hydrogens is 378 g/mol.